The molecule has 0 radical (unpaired) electrons. The summed E-state index contributed by atoms with van der Waals surface area (Å²) in [6.45, 7) is 3.72. The fraction of sp³-hybridized carbons (Fsp3) is 0.625. The van der Waals surface area contributed by atoms with Crippen molar-refractivity contribution in [2.45, 2.75) is 69.9 Å². The van der Waals surface area contributed by atoms with Gasteiger partial charge in [-0.1, -0.05) is 31.0 Å². The number of benzene rings is 1. The van der Waals surface area contributed by atoms with Crippen LogP contribution in [0.1, 0.15) is 79.4 Å². The molecule has 1 saturated carbocycles. The van der Waals surface area contributed by atoms with Gasteiger partial charge in [-0.2, -0.15) is 0 Å². The van der Waals surface area contributed by atoms with E-state index in [1.54, 1.807) is 0 Å². The smallest absolute Gasteiger partial charge is 0.254 e. The molecule has 6 nitrogen and oxygen atoms in total. The van der Waals surface area contributed by atoms with Gasteiger partial charge in [-0.05, 0) is 69.7 Å². The minimum Gasteiger partial charge on any atom is -0.424 e. The number of amides is 1. The third-order valence-electron chi connectivity index (χ3n) is 7.03. The van der Waals surface area contributed by atoms with E-state index in [0.717, 1.165) is 69.2 Å². The molecule has 1 amide bonds. The quantitative estimate of drug-likeness (QED) is 0.740. The van der Waals surface area contributed by atoms with E-state index in [1.807, 2.05) is 30.3 Å². The number of aromatic nitrogens is 2. The number of rotatable bonds is 5. The van der Waals surface area contributed by atoms with E-state index in [9.17, 15) is 4.79 Å². The molecule has 30 heavy (non-hydrogen) atoms. The van der Waals surface area contributed by atoms with Crippen molar-refractivity contribution in [3.63, 3.8) is 0 Å². The second-order valence-electron chi connectivity index (χ2n) is 9.20. The highest BCUT2D eigenvalue weighted by Gasteiger charge is 2.35. The topological polar surface area (TPSA) is 62.5 Å². The molecule has 2 saturated heterocycles. The summed E-state index contributed by atoms with van der Waals surface area (Å²) in [5.41, 5.74) is 0.824. The molecule has 3 heterocycles. The maximum Gasteiger partial charge on any atom is 0.254 e. The van der Waals surface area contributed by atoms with Crippen LogP contribution in [-0.2, 0) is 6.54 Å². The molecular weight excluding hydrogens is 376 g/mol. The molecule has 2 aromatic rings. The monoisotopic (exact) mass is 408 g/mol. The van der Waals surface area contributed by atoms with E-state index in [1.165, 1.54) is 25.7 Å². The second-order valence-corrected chi connectivity index (χ2v) is 9.20. The van der Waals surface area contributed by atoms with Crippen LogP contribution in [0.15, 0.2) is 34.7 Å². The van der Waals surface area contributed by atoms with Crippen LogP contribution in [0.2, 0.25) is 0 Å². The third-order valence-corrected chi connectivity index (χ3v) is 7.03. The van der Waals surface area contributed by atoms with Crippen LogP contribution in [0.5, 0.6) is 0 Å². The maximum atomic E-state index is 13.3. The van der Waals surface area contributed by atoms with E-state index < -0.39 is 0 Å². The largest absolute Gasteiger partial charge is 0.424 e. The van der Waals surface area contributed by atoms with Crippen LogP contribution >= 0.6 is 0 Å². The fourth-order valence-corrected chi connectivity index (χ4v) is 5.14. The van der Waals surface area contributed by atoms with Crippen LogP contribution in [0.25, 0.3) is 0 Å². The van der Waals surface area contributed by atoms with Gasteiger partial charge in [-0.25, -0.2) is 0 Å². The highest BCUT2D eigenvalue weighted by molar-refractivity contribution is 5.94. The van der Waals surface area contributed by atoms with Gasteiger partial charge in [0.15, 0.2) is 0 Å². The molecule has 3 fully saturated rings. The predicted molar refractivity (Wildman–Crippen MR) is 114 cm³/mol. The van der Waals surface area contributed by atoms with Crippen molar-refractivity contribution in [3.8, 4) is 0 Å². The summed E-state index contributed by atoms with van der Waals surface area (Å²) in [5, 5.41) is 8.46. The SMILES string of the molecule is O=C(c1ccccc1)N1CCCCC[C@H]1C1CCN(Cc2nnc(C3CC3)o2)CC1. The zero-order valence-electron chi connectivity index (χ0n) is 17.7. The van der Waals surface area contributed by atoms with E-state index in [-0.39, 0.29) is 5.91 Å². The molecule has 6 heteroatoms. The van der Waals surface area contributed by atoms with Crippen LogP contribution in [0.4, 0.5) is 0 Å². The standard InChI is InChI=1S/C24H32N4O2/c29-24(20-7-3-1-4-8-20)28-14-6-2-5-9-21(28)18-12-15-27(16-13-18)17-22-25-26-23(30-22)19-10-11-19/h1,3-4,7-8,18-19,21H,2,5-6,9-17H2/t21-/m0/s1. The Bertz CT molecular complexity index is 840. The van der Waals surface area contributed by atoms with E-state index in [2.05, 4.69) is 20.0 Å². The number of nitrogens with zero attached hydrogens (tertiary/aromatic N) is 4. The first-order valence-electron chi connectivity index (χ1n) is 11.7. The zero-order valence-corrected chi connectivity index (χ0v) is 17.7. The van der Waals surface area contributed by atoms with Gasteiger partial charge in [0.05, 0.1) is 6.54 Å². The number of carbonyl (C=O) groups excluding carboxylic acids is 1. The molecule has 5 rings (SSSR count). The fourth-order valence-electron chi connectivity index (χ4n) is 5.14. The number of hydrogen-bond donors (Lipinski definition) is 0. The van der Waals surface area contributed by atoms with Gasteiger partial charge in [-0.15, -0.1) is 10.2 Å². The lowest BCUT2D eigenvalue weighted by molar-refractivity contribution is 0.0508. The lowest BCUT2D eigenvalue weighted by Crippen LogP contribution is -2.47. The molecule has 2 aliphatic heterocycles. The summed E-state index contributed by atoms with van der Waals surface area (Å²) < 4.78 is 5.85. The summed E-state index contributed by atoms with van der Waals surface area (Å²) in [4.78, 5) is 17.9. The molecule has 1 aromatic carbocycles. The van der Waals surface area contributed by atoms with Crippen LogP contribution in [0, 0.1) is 5.92 Å². The first-order valence-corrected chi connectivity index (χ1v) is 11.7. The van der Waals surface area contributed by atoms with Gasteiger partial charge < -0.3 is 9.32 Å². The number of carbonyl (C=O) groups is 1. The number of piperidine rings is 1. The first kappa shape index (κ1) is 19.7. The van der Waals surface area contributed by atoms with Crippen LogP contribution in [0.3, 0.4) is 0 Å². The van der Waals surface area contributed by atoms with Crippen molar-refractivity contribution < 1.29 is 9.21 Å². The van der Waals surface area contributed by atoms with Crippen molar-refractivity contribution >= 4 is 5.91 Å². The Balaban J connectivity index is 1.21. The number of likely N-dealkylation sites (tertiary alicyclic amines) is 2. The molecular formula is C24H32N4O2. The van der Waals surface area contributed by atoms with Crippen molar-refractivity contribution in [1.29, 1.82) is 0 Å². The maximum absolute atomic E-state index is 13.3. The van der Waals surface area contributed by atoms with Gasteiger partial charge in [-0.3, -0.25) is 9.69 Å². The lowest BCUT2D eigenvalue weighted by Gasteiger charge is -2.40. The van der Waals surface area contributed by atoms with Crippen molar-refractivity contribution in [3.05, 3.63) is 47.7 Å². The molecule has 0 N–H and O–H groups in total. The van der Waals surface area contributed by atoms with Gasteiger partial charge in [0.1, 0.15) is 0 Å². The molecule has 1 aliphatic carbocycles. The molecule has 1 aromatic heterocycles. The third kappa shape index (κ3) is 4.43. The first-order chi connectivity index (χ1) is 14.8. The second kappa shape index (κ2) is 8.88. The molecule has 0 bridgehead atoms. The van der Waals surface area contributed by atoms with Crippen molar-refractivity contribution in [2.75, 3.05) is 19.6 Å². The van der Waals surface area contributed by atoms with Crippen LogP contribution < -0.4 is 0 Å². The van der Waals surface area contributed by atoms with E-state index in [4.69, 9.17) is 4.42 Å². The summed E-state index contributed by atoms with van der Waals surface area (Å²) in [5.74, 6) is 2.89. The lowest BCUT2D eigenvalue weighted by atomic mass is 9.86. The molecule has 1 atom stereocenters. The summed E-state index contributed by atoms with van der Waals surface area (Å²) >= 11 is 0. The Kier molecular flexibility index (Phi) is 5.84. The van der Waals surface area contributed by atoms with E-state index in [0.29, 0.717) is 17.9 Å². The molecule has 0 unspecified atom stereocenters. The predicted octanol–water partition coefficient (Wildman–Crippen LogP) is 4.24. The number of hydrogen-bond acceptors (Lipinski definition) is 5. The van der Waals surface area contributed by atoms with Gasteiger partial charge in [0.25, 0.3) is 5.91 Å². The van der Waals surface area contributed by atoms with Crippen LogP contribution in [-0.4, -0.2) is 51.6 Å². The average molecular weight is 409 g/mol. The Morgan fingerprint density at radius 3 is 2.50 bits per heavy atom. The summed E-state index contributed by atoms with van der Waals surface area (Å²) in [7, 11) is 0. The summed E-state index contributed by atoms with van der Waals surface area (Å²) in [6.07, 6.45) is 9.36. The molecule has 0 spiro atoms. The van der Waals surface area contributed by atoms with Crippen molar-refractivity contribution in [2.24, 2.45) is 5.92 Å². The minimum absolute atomic E-state index is 0.211. The Hall–Kier alpha value is -2.21. The Morgan fingerprint density at radius 2 is 1.73 bits per heavy atom. The molecule has 3 aliphatic rings. The van der Waals surface area contributed by atoms with Gasteiger partial charge in [0, 0.05) is 24.1 Å². The average Bonchev–Trinajstić information content (AvgIpc) is 3.58. The van der Waals surface area contributed by atoms with E-state index >= 15 is 0 Å². The normalized spacial score (nSPS) is 24.0. The van der Waals surface area contributed by atoms with Gasteiger partial charge >= 0.3 is 0 Å². The minimum atomic E-state index is 0.211. The van der Waals surface area contributed by atoms with Crippen molar-refractivity contribution in [1.82, 2.24) is 20.0 Å². The Labute approximate surface area is 178 Å². The highest BCUT2D eigenvalue weighted by atomic mass is 16.4. The van der Waals surface area contributed by atoms with Gasteiger partial charge in [0.2, 0.25) is 11.8 Å². The molecule has 160 valence electrons. The summed E-state index contributed by atoms with van der Waals surface area (Å²) in [6, 6.07) is 10.2. The Morgan fingerprint density at radius 1 is 0.933 bits per heavy atom. The zero-order chi connectivity index (χ0) is 20.3. The highest BCUT2D eigenvalue weighted by Crippen LogP contribution is 2.39.